The number of rotatable bonds is 1. The fourth-order valence-electron chi connectivity index (χ4n) is 2.38. The third kappa shape index (κ3) is 1.70. The number of likely N-dealkylation sites (N-methyl/N-ethyl adjacent to an activating group) is 1. The van der Waals surface area contributed by atoms with Crippen molar-refractivity contribution in [1.29, 1.82) is 0 Å². The van der Waals surface area contributed by atoms with Crippen LogP contribution in [-0.2, 0) is 4.79 Å². The zero-order valence-corrected chi connectivity index (χ0v) is 11.0. The molecule has 5 heteroatoms. The van der Waals surface area contributed by atoms with Crippen LogP contribution in [0.3, 0.4) is 0 Å². The molecule has 1 amide bonds. The van der Waals surface area contributed by atoms with E-state index in [1.807, 2.05) is 23.9 Å². The number of amides is 1. The summed E-state index contributed by atoms with van der Waals surface area (Å²) in [5.41, 5.74) is 2.36. The van der Waals surface area contributed by atoms with Gasteiger partial charge in [0.1, 0.15) is 0 Å². The normalized spacial score (nSPS) is 19.4. The van der Waals surface area contributed by atoms with Crippen molar-refractivity contribution < 1.29 is 9.59 Å². The van der Waals surface area contributed by atoms with Crippen molar-refractivity contribution in [2.24, 2.45) is 0 Å². The van der Waals surface area contributed by atoms with Crippen LogP contribution in [0.2, 0.25) is 0 Å². The van der Waals surface area contributed by atoms with Crippen molar-refractivity contribution in [3.63, 3.8) is 0 Å². The zero-order chi connectivity index (χ0) is 12.7. The van der Waals surface area contributed by atoms with Crippen molar-refractivity contribution in [3.05, 3.63) is 23.8 Å². The van der Waals surface area contributed by atoms with Gasteiger partial charge in [0.05, 0.1) is 11.3 Å². The molecule has 0 atom stereocenters. The van der Waals surface area contributed by atoms with E-state index in [4.69, 9.17) is 0 Å². The molecule has 1 saturated heterocycles. The van der Waals surface area contributed by atoms with E-state index in [2.05, 4.69) is 4.90 Å². The molecule has 1 fully saturated rings. The average molecular weight is 262 g/mol. The summed E-state index contributed by atoms with van der Waals surface area (Å²) >= 11 is 1.96. The molecule has 2 aliphatic heterocycles. The Balaban J connectivity index is 1.97. The number of anilines is 2. The second-order valence-corrected chi connectivity index (χ2v) is 5.72. The zero-order valence-electron chi connectivity index (χ0n) is 10.2. The molecule has 0 aromatic heterocycles. The summed E-state index contributed by atoms with van der Waals surface area (Å²) in [4.78, 5) is 27.0. The van der Waals surface area contributed by atoms with Gasteiger partial charge >= 0.3 is 0 Å². The van der Waals surface area contributed by atoms with Gasteiger partial charge in [0.15, 0.2) is 0 Å². The first-order valence-corrected chi connectivity index (χ1v) is 7.13. The van der Waals surface area contributed by atoms with E-state index in [1.54, 1.807) is 13.1 Å². The SMILES string of the molecule is CN1C(=O)C(=O)c2ccc(N3CCSCC3)cc21. The quantitative estimate of drug-likeness (QED) is 0.717. The van der Waals surface area contributed by atoms with E-state index in [0.717, 1.165) is 36.0 Å². The molecule has 0 spiro atoms. The number of carbonyl (C=O) groups is 2. The predicted molar refractivity (Wildman–Crippen MR) is 73.7 cm³/mol. The molecule has 0 saturated carbocycles. The molecule has 94 valence electrons. The summed E-state index contributed by atoms with van der Waals surface area (Å²) in [6.07, 6.45) is 0. The highest BCUT2D eigenvalue weighted by Crippen LogP contribution is 2.32. The second-order valence-electron chi connectivity index (χ2n) is 4.49. The Bertz CT molecular complexity index is 524. The lowest BCUT2D eigenvalue weighted by atomic mass is 10.1. The van der Waals surface area contributed by atoms with Gasteiger partial charge in [0.2, 0.25) is 0 Å². The van der Waals surface area contributed by atoms with Gasteiger partial charge in [-0.15, -0.1) is 0 Å². The third-order valence-electron chi connectivity index (χ3n) is 3.46. The molecule has 1 aromatic rings. The molecule has 4 nitrogen and oxygen atoms in total. The Hall–Kier alpha value is -1.49. The first-order chi connectivity index (χ1) is 8.68. The maximum absolute atomic E-state index is 11.7. The van der Waals surface area contributed by atoms with Gasteiger partial charge in [-0.3, -0.25) is 9.59 Å². The number of carbonyl (C=O) groups excluding carboxylic acids is 2. The van der Waals surface area contributed by atoms with E-state index >= 15 is 0 Å². The number of hydrogen-bond acceptors (Lipinski definition) is 4. The number of Topliss-reactive ketones (excluding diaryl/α,β-unsaturated/α-hetero) is 1. The molecular formula is C13H14N2O2S. The van der Waals surface area contributed by atoms with Crippen LogP contribution >= 0.6 is 11.8 Å². The van der Waals surface area contributed by atoms with Crippen LogP contribution in [0.4, 0.5) is 11.4 Å². The highest BCUT2D eigenvalue weighted by Gasteiger charge is 2.33. The molecule has 18 heavy (non-hydrogen) atoms. The van der Waals surface area contributed by atoms with Crippen molar-refractivity contribution >= 4 is 34.8 Å². The highest BCUT2D eigenvalue weighted by atomic mass is 32.2. The predicted octanol–water partition coefficient (Wildman–Crippen LogP) is 1.40. The largest absolute Gasteiger partial charge is 0.370 e. The smallest absolute Gasteiger partial charge is 0.299 e. The van der Waals surface area contributed by atoms with Gasteiger partial charge in [0, 0.05) is 37.3 Å². The first-order valence-electron chi connectivity index (χ1n) is 5.97. The Morgan fingerprint density at radius 1 is 1.17 bits per heavy atom. The molecule has 2 heterocycles. The fourth-order valence-corrected chi connectivity index (χ4v) is 3.29. The lowest BCUT2D eigenvalue weighted by molar-refractivity contribution is -0.114. The summed E-state index contributed by atoms with van der Waals surface area (Å²) in [5.74, 6) is 1.43. The maximum Gasteiger partial charge on any atom is 0.299 e. The standard InChI is InChI=1S/C13H14N2O2S/c1-14-11-8-9(15-4-6-18-7-5-15)2-3-10(11)12(16)13(14)17/h2-3,8H,4-7H2,1H3. The van der Waals surface area contributed by atoms with E-state index in [0.29, 0.717) is 5.56 Å². The minimum absolute atomic E-state index is 0.395. The summed E-state index contributed by atoms with van der Waals surface area (Å²) in [7, 11) is 1.65. The molecule has 0 unspecified atom stereocenters. The monoisotopic (exact) mass is 262 g/mol. The van der Waals surface area contributed by atoms with Crippen molar-refractivity contribution in [2.45, 2.75) is 0 Å². The Labute approximate surface area is 110 Å². The van der Waals surface area contributed by atoms with E-state index in [1.165, 1.54) is 4.90 Å². The highest BCUT2D eigenvalue weighted by molar-refractivity contribution is 7.99. The number of hydrogen-bond donors (Lipinski definition) is 0. The summed E-state index contributed by atoms with van der Waals surface area (Å²) < 4.78 is 0. The van der Waals surface area contributed by atoms with Crippen LogP contribution in [0.25, 0.3) is 0 Å². The van der Waals surface area contributed by atoms with Crippen molar-refractivity contribution in [1.82, 2.24) is 0 Å². The lowest BCUT2D eigenvalue weighted by Gasteiger charge is -2.29. The molecule has 0 bridgehead atoms. The van der Waals surface area contributed by atoms with Crippen molar-refractivity contribution in [3.8, 4) is 0 Å². The van der Waals surface area contributed by atoms with Crippen LogP contribution < -0.4 is 9.80 Å². The molecule has 0 aliphatic carbocycles. The van der Waals surface area contributed by atoms with Gasteiger partial charge in [-0.1, -0.05) is 0 Å². The minimum atomic E-state index is -0.434. The maximum atomic E-state index is 11.7. The second kappa shape index (κ2) is 4.31. The summed E-state index contributed by atoms with van der Waals surface area (Å²) in [6.45, 7) is 2.05. The molecule has 2 aliphatic rings. The molecule has 1 aromatic carbocycles. The molecular weight excluding hydrogens is 248 g/mol. The Morgan fingerprint density at radius 3 is 2.61 bits per heavy atom. The van der Waals surface area contributed by atoms with Crippen LogP contribution in [0.5, 0.6) is 0 Å². The van der Waals surface area contributed by atoms with Crippen LogP contribution in [0, 0.1) is 0 Å². The average Bonchev–Trinajstić information content (AvgIpc) is 2.65. The Morgan fingerprint density at radius 2 is 1.89 bits per heavy atom. The van der Waals surface area contributed by atoms with Gasteiger partial charge in [-0.05, 0) is 18.2 Å². The fraction of sp³-hybridized carbons (Fsp3) is 0.385. The van der Waals surface area contributed by atoms with E-state index in [9.17, 15) is 9.59 Å². The Kier molecular flexibility index (Phi) is 2.78. The van der Waals surface area contributed by atoms with Gasteiger partial charge in [-0.2, -0.15) is 11.8 Å². The lowest BCUT2D eigenvalue weighted by Crippen LogP contribution is -2.32. The van der Waals surface area contributed by atoms with Crippen LogP contribution in [0.1, 0.15) is 10.4 Å². The third-order valence-corrected chi connectivity index (χ3v) is 4.40. The van der Waals surface area contributed by atoms with Gasteiger partial charge in [-0.25, -0.2) is 0 Å². The molecule has 3 rings (SSSR count). The van der Waals surface area contributed by atoms with Crippen molar-refractivity contribution in [2.75, 3.05) is 41.4 Å². The van der Waals surface area contributed by atoms with E-state index in [-0.39, 0.29) is 0 Å². The summed E-state index contributed by atoms with van der Waals surface area (Å²) in [5, 5.41) is 0. The first kappa shape index (κ1) is 11.6. The van der Waals surface area contributed by atoms with E-state index < -0.39 is 11.7 Å². The number of benzene rings is 1. The molecule has 0 N–H and O–H groups in total. The van der Waals surface area contributed by atoms with Crippen LogP contribution in [0.15, 0.2) is 18.2 Å². The van der Waals surface area contributed by atoms with Gasteiger partial charge < -0.3 is 9.80 Å². The number of nitrogens with zero attached hydrogens (tertiary/aromatic N) is 2. The minimum Gasteiger partial charge on any atom is -0.370 e. The number of ketones is 1. The topological polar surface area (TPSA) is 40.6 Å². The van der Waals surface area contributed by atoms with Crippen LogP contribution in [-0.4, -0.2) is 43.3 Å². The number of thioether (sulfide) groups is 1. The van der Waals surface area contributed by atoms with Gasteiger partial charge in [0.25, 0.3) is 11.7 Å². The molecule has 0 radical (unpaired) electrons. The summed E-state index contributed by atoms with van der Waals surface area (Å²) in [6, 6.07) is 5.67. The number of fused-ring (bicyclic) bond motifs is 1.